The van der Waals surface area contributed by atoms with Gasteiger partial charge in [-0.3, -0.25) is 20.4 Å². The first-order valence-corrected chi connectivity index (χ1v) is 10.9. The molecule has 0 heterocycles. The van der Waals surface area contributed by atoms with Crippen molar-refractivity contribution in [2.24, 2.45) is 0 Å². The molecule has 0 aliphatic carbocycles. The molecule has 3 N–H and O–H groups in total. The van der Waals surface area contributed by atoms with Gasteiger partial charge in [0.25, 0.3) is 11.8 Å². The number of carbonyl (C=O) groups excluding carboxylic acids is 2. The van der Waals surface area contributed by atoms with E-state index in [4.69, 9.17) is 4.74 Å². The van der Waals surface area contributed by atoms with Crippen molar-refractivity contribution in [3.8, 4) is 5.75 Å². The Labute approximate surface area is 178 Å². The summed E-state index contributed by atoms with van der Waals surface area (Å²) in [6.45, 7) is 4.90. The highest BCUT2D eigenvalue weighted by Gasteiger charge is 2.20. The summed E-state index contributed by atoms with van der Waals surface area (Å²) in [5.41, 5.74) is 5.83. The minimum atomic E-state index is -3.73. The molecule has 29 heavy (non-hydrogen) atoms. The van der Waals surface area contributed by atoms with Crippen LogP contribution in [0.5, 0.6) is 5.75 Å². The first-order chi connectivity index (χ1) is 13.5. The van der Waals surface area contributed by atoms with Crippen LogP contribution < -0.4 is 20.3 Å². The molecule has 0 radical (unpaired) electrons. The third-order valence-corrected chi connectivity index (χ3v) is 6.25. The normalized spacial score (nSPS) is 12.2. The van der Waals surface area contributed by atoms with Crippen molar-refractivity contribution in [3.63, 3.8) is 0 Å². The van der Waals surface area contributed by atoms with Crippen LogP contribution in [0.4, 0.5) is 0 Å². The molecule has 0 saturated heterocycles. The third kappa shape index (κ3) is 5.78. The van der Waals surface area contributed by atoms with Crippen LogP contribution in [-0.4, -0.2) is 33.4 Å². The molecule has 2 aromatic carbocycles. The van der Waals surface area contributed by atoms with Crippen LogP contribution >= 0.6 is 15.9 Å². The lowest BCUT2D eigenvalue weighted by molar-refractivity contribution is -0.128. The van der Waals surface area contributed by atoms with Gasteiger partial charge in [-0.25, -0.2) is 13.1 Å². The number of nitrogens with one attached hydrogen (secondary N) is 3. The number of rotatable bonds is 6. The van der Waals surface area contributed by atoms with Crippen LogP contribution in [0.2, 0.25) is 0 Å². The second-order valence-electron chi connectivity index (χ2n) is 6.28. The van der Waals surface area contributed by atoms with Crippen LogP contribution in [0, 0.1) is 13.8 Å². The standard InChI is InChI=1S/C19H22BrN3O5S/c1-11-8-14(9-17(12(11)2)29(26,27)21-4)19(25)23-22-18(24)13(3)28-16-7-5-6-15(20)10-16/h5-10,13,21H,1-4H3,(H,22,24)(H,23,25). The van der Waals surface area contributed by atoms with Crippen LogP contribution in [0.3, 0.4) is 0 Å². The van der Waals surface area contributed by atoms with Crippen molar-refractivity contribution in [2.75, 3.05) is 7.05 Å². The lowest BCUT2D eigenvalue weighted by atomic mass is 10.1. The number of hydrogen-bond acceptors (Lipinski definition) is 5. The van der Waals surface area contributed by atoms with Crippen LogP contribution in [0.25, 0.3) is 0 Å². The van der Waals surface area contributed by atoms with Crippen molar-refractivity contribution in [1.29, 1.82) is 0 Å². The van der Waals surface area contributed by atoms with E-state index >= 15 is 0 Å². The van der Waals surface area contributed by atoms with Gasteiger partial charge in [0.2, 0.25) is 10.0 Å². The smallest absolute Gasteiger partial charge is 0.279 e. The summed E-state index contributed by atoms with van der Waals surface area (Å²) < 4.78 is 32.9. The van der Waals surface area contributed by atoms with Gasteiger partial charge in [0, 0.05) is 10.0 Å². The number of sulfonamides is 1. The molecule has 10 heteroatoms. The molecule has 0 aliphatic rings. The summed E-state index contributed by atoms with van der Waals surface area (Å²) in [6.07, 6.45) is -0.871. The maximum absolute atomic E-state index is 12.4. The average molecular weight is 484 g/mol. The minimum Gasteiger partial charge on any atom is -0.481 e. The highest BCUT2D eigenvalue weighted by Crippen LogP contribution is 2.21. The van der Waals surface area contributed by atoms with Crippen molar-refractivity contribution in [3.05, 3.63) is 57.6 Å². The summed E-state index contributed by atoms with van der Waals surface area (Å²) in [5.74, 6) is -0.724. The van der Waals surface area contributed by atoms with Gasteiger partial charge in [0.1, 0.15) is 5.75 Å². The molecule has 8 nitrogen and oxygen atoms in total. The Balaban J connectivity index is 2.07. The van der Waals surface area contributed by atoms with Crippen molar-refractivity contribution in [2.45, 2.75) is 31.8 Å². The molecule has 2 aromatic rings. The molecule has 0 aliphatic heterocycles. The number of hydrazine groups is 1. The van der Waals surface area contributed by atoms with Crippen molar-refractivity contribution in [1.82, 2.24) is 15.6 Å². The van der Waals surface area contributed by atoms with E-state index in [-0.39, 0.29) is 10.5 Å². The molecule has 0 bridgehead atoms. The lowest BCUT2D eigenvalue weighted by Gasteiger charge is -2.16. The number of hydrogen-bond donors (Lipinski definition) is 3. The van der Waals surface area contributed by atoms with Gasteiger partial charge in [-0.1, -0.05) is 22.0 Å². The van der Waals surface area contributed by atoms with E-state index in [0.29, 0.717) is 16.9 Å². The number of aryl methyl sites for hydroxylation is 1. The summed E-state index contributed by atoms with van der Waals surface area (Å²) in [5, 5.41) is 0. The van der Waals surface area contributed by atoms with Gasteiger partial charge >= 0.3 is 0 Å². The molecule has 1 unspecified atom stereocenters. The van der Waals surface area contributed by atoms with Crippen molar-refractivity contribution >= 4 is 37.8 Å². The zero-order valence-corrected chi connectivity index (χ0v) is 18.8. The molecular weight excluding hydrogens is 462 g/mol. The van der Waals surface area contributed by atoms with Gasteiger partial charge in [0.15, 0.2) is 6.10 Å². The SMILES string of the molecule is CNS(=O)(=O)c1cc(C(=O)NNC(=O)C(C)Oc2cccc(Br)c2)cc(C)c1C. The fraction of sp³-hybridized carbons (Fsp3) is 0.263. The number of carbonyl (C=O) groups is 2. The van der Waals surface area contributed by atoms with Gasteiger partial charge in [-0.2, -0.15) is 0 Å². The highest BCUT2D eigenvalue weighted by molar-refractivity contribution is 9.10. The molecule has 0 fully saturated rings. The van der Waals surface area contributed by atoms with E-state index in [1.54, 1.807) is 38.1 Å². The Bertz CT molecular complexity index is 1040. The second kappa shape index (κ2) is 9.38. The summed E-state index contributed by atoms with van der Waals surface area (Å²) in [6, 6.07) is 9.81. The van der Waals surface area contributed by atoms with Crippen LogP contribution in [0.1, 0.15) is 28.4 Å². The van der Waals surface area contributed by atoms with Crippen LogP contribution in [0.15, 0.2) is 45.8 Å². The largest absolute Gasteiger partial charge is 0.481 e. The monoisotopic (exact) mass is 483 g/mol. The second-order valence-corrected chi connectivity index (χ2v) is 9.06. The molecule has 0 aromatic heterocycles. The topological polar surface area (TPSA) is 114 Å². The Kier molecular flexibility index (Phi) is 7.39. The molecule has 0 saturated carbocycles. The third-order valence-electron chi connectivity index (χ3n) is 4.22. The Morgan fingerprint density at radius 3 is 2.41 bits per heavy atom. The molecule has 0 spiro atoms. The molecule has 156 valence electrons. The van der Waals surface area contributed by atoms with Gasteiger partial charge in [-0.15, -0.1) is 0 Å². The van der Waals surface area contributed by atoms with E-state index < -0.39 is 27.9 Å². The Morgan fingerprint density at radius 1 is 1.10 bits per heavy atom. The predicted molar refractivity (Wildman–Crippen MR) is 112 cm³/mol. The molecular formula is C19H22BrN3O5S. The number of ether oxygens (including phenoxy) is 1. The predicted octanol–water partition coefficient (Wildman–Crippen LogP) is 2.20. The van der Waals surface area contributed by atoms with E-state index in [1.807, 2.05) is 6.07 Å². The van der Waals surface area contributed by atoms with E-state index in [2.05, 4.69) is 31.5 Å². The summed E-state index contributed by atoms with van der Waals surface area (Å²) >= 11 is 3.32. The first kappa shape index (κ1) is 22.9. The first-order valence-electron chi connectivity index (χ1n) is 8.62. The fourth-order valence-electron chi connectivity index (χ4n) is 2.44. The van der Waals surface area contributed by atoms with Gasteiger partial charge < -0.3 is 4.74 Å². The zero-order valence-electron chi connectivity index (χ0n) is 16.4. The van der Waals surface area contributed by atoms with Crippen molar-refractivity contribution < 1.29 is 22.7 Å². The van der Waals surface area contributed by atoms with E-state index in [0.717, 1.165) is 4.47 Å². The fourth-order valence-corrected chi connectivity index (χ4v) is 3.88. The molecule has 2 amide bonds. The van der Waals surface area contributed by atoms with Gasteiger partial charge in [0.05, 0.1) is 4.90 Å². The van der Waals surface area contributed by atoms with Gasteiger partial charge in [-0.05, 0) is 69.3 Å². The van der Waals surface area contributed by atoms with Crippen LogP contribution in [-0.2, 0) is 14.8 Å². The summed E-state index contributed by atoms with van der Waals surface area (Å²) in [4.78, 5) is 24.6. The average Bonchev–Trinajstić information content (AvgIpc) is 2.67. The Morgan fingerprint density at radius 2 is 1.79 bits per heavy atom. The molecule has 1 atom stereocenters. The lowest BCUT2D eigenvalue weighted by Crippen LogP contribution is -2.47. The number of halogens is 1. The zero-order chi connectivity index (χ0) is 21.8. The van der Waals surface area contributed by atoms with E-state index in [1.165, 1.54) is 20.0 Å². The van der Waals surface area contributed by atoms with E-state index in [9.17, 15) is 18.0 Å². The summed E-state index contributed by atoms with van der Waals surface area (Å²) in [7, 11) is -2.44. The highest BCUT2D eigenvalue weighted by atomic mass is 79.9. The minimum absolute atomic E-state index is 0.00262. The quantitative estimate of drug-likeness (QED) is 0.545. The maximum atomic E-state index is 12.4. The maximum Gasteiger partial charge on any atom is 0.279 e. The number of amides is 2. The Hall–Kier alpha value is -2.43. The number of benzene rings is 2. The molecule has 2 rings (SSSR count).